The summed E-state index contributed by atoms with van der Waals surface area (Å²) in [5.74, 6) is -2.36. The van der Waals surface area contributed by atoms with Crippen molar-refractivity contribution in [3.8, 4) is 0 Å². The first-order valence-electron chi connectivity index (χ1n) is 6.39. The highest BCUT2D eigenvalue weighted by Crippen LogP contribution is 2.34. The van der Waals surface area contributed by atoms with Gasteiger partial charge < -0.3 is 10.4 Å². The molecule has 0 aliphatic heterocycles. The van der Waals surface area contributed by atoms with Crippen LogP contribution < -0.4 is 5.32 Å². The van der Waals surface area contributed by atoms with Crippen molar-refractivity contribution in [2.45, 2.75) is 26.2 Å². The third kappa shape index (κ3) is 3.07. The Hall–Kier alpha value is -1.26. The summed E-state index contributed by atoms with van der Waals surface area (Å²) in [5.41, 5.74) is 1.24. The number of benzene rings is 1. The molecule has 0 saturated heterocycles. The summed E-state index contributed by atoms with van der Waals surface area (Å²) in [7, 11) is 0. The molecule has 6 heteroatoms. The molecule has 0 spiro atoms. The van der Waals surface area contributed by atoms with Gasteiger partial charge in [0.2, 0.25) is 5.91 Å². The van der Waals surface area contributed by atoms with Crippen molar-refractivity contribution in [2.24, 2.45) is 11.8 Å². The van der Waals surface area contributed by atoms with Gasteiger partial charge in [0.05, 0.1) is 22.5 Å². The Morgan fingerprint density at radius 1 is 1.20 bits per heavy atom. The number of carbonyl (C=O) groups is 2. The van der Waals surface area contributed by atoms with E-state index in [1.165, 1.54) is 0 Å². The van der Waals surface area contributed by atoms with Gasteiger partial charge in [0.25, 0.3) is 0 Å². The first-order chi connectivity index (χ1) is 9.40. The number of carboxylic acids is 1. The number of aliphatic carboxylic acids is 1. The highest BCUT2D eigenvalue weighted by atomic mass is 35.5. The Morgan fingerprint density at radius 2 is 1.85 bits per heavy atom. The fraction of sp³-hybridized carbons (Fsp3) is 0.429. The van der Waals surface area contributed by atoms with Crippen LogP contribution in [0.2, 0.25) is 10.0 Å². The molecule has 0 radical (unpaired) electrons. The van der Waals surface area contributed by atoms with Crippen LogP contribution in [-0.2, 0) is 9.59 Å². The third-order valence-electron chi connectivity index (χ3n) is 3.68. The minimum absolute atomic E-state index is 0.309. The number of halogens is 2. The third-order valence-corrected chi connectivity index (χ3v) is 4.40. The van der Waals surface area contributed by atoms with Gasteiger partial charge >= 0.3 is 5.97 Å². The Bertz CT molecular complexity index is 560. The molecule has 2 unspecified atom stereocenters. The van der Waals surface area contributed by atoms with Gasteiger partial charge in [0.15, 0.2) is 0 Å². The van der Waals surface area contributed by atoms with Crippen LogP contribution in [0.25, 0.3) is 0 Å². The van der Waals surface area contributed by atoms with Gasteiger partial charge in [-0.15, -0.1) is 0 Å². The number of carboxylic acid groups (broad SMARTS) is 1. The summed E-state index contributed by atoms with van der Waals surface area (Å²) in [6, 6.07) is 3.25. The smallest absolute Gasteiger partial charge is 0.307 e. The van der Waals surface area contributed by atoms with E-state index in [0.29, 0.717) is 28.6 Å². The second kappa shape index (κ2) is 6.02. The molecule has 1 aromatic rings. The van der Waals surface area contributed by atoms with E-state index < -0.39 is 17.8 Å². The van der Waals surface area contributed by atoms with Crippen LogP contribution in [0.15, 0.2) is 12.1 Å². The summed E-state index contributed by atoms with van der Waals surface area (Å²) in [6.07, 6.45) is 1.87. The average Bonchev–Trinajstić information content (AvgIpc) is 2.85. The van der Waals surface area contributed by atoms with Crippen molar-refractivity contribution in [1.82, 2.24) is 0 Å². The molecule has 108 valence electrons. The number of anilines is 1. The van der Waals surface area contributed by atoms with Crippen LogP contribution in [0, 0.1) is 18.8 Å². The Balaban J connectivity index is 2.16. The van der Waals surface area contributed by atoms with E-state index in [9.17, 15) is 9.59 Å². The molecule has 2 atom stereocenters. The van der Waals surface area contributed by atoms with E-state index in [1.54, 1.807) is 12.1 Å². The molecule has 0 heterocycles. The summed E-state index contributed by atoms with van der Waals surface area (Å²) in [6.45, 7) is 1.82. The second-order valence-corrected chi connectivity index (χ2v) is 5.87. The topological polar surface area (TPSA) is 66.4 Å². The van der Waals surface area contributed by atoms with Crippen LogP contribution in [-0.4, -0.2) is 17.0 Å². The van der Waals surface area contributed by atoms with Crippen molar-refractivity contribution in [2.75, 3.05) is 5.32 Å². The number of rotatable bonds is 3. The zero-order chi connectivity index (χ0) is 14.9. The first-order valence-corrected chi connectivity index (χ1v) is 7.15. The zero-order valence-corrected chi connectivity index (χ0v) is 12.5. The molecule has 1 fully saturated rings. The van der Waals surface area contributed by atoms with Gasteiger partial charge in [-0.25, -0.2) is 0 Å². The van der Waals surface area contributed by atoms with E-state index in [1.807, 2.05) is 6.92 Å². The van der Waals surface area contributed by atoms with Crippen LogP contribution in [0.5, 0.6) is 0 Å². The monoisotopic (exact) mass is 315 g/mol. The van der Waals surface area contributed by atoms with E-state index in [-0.39, 0.29) is 5.91 Å². The van der Waals surface area contributed by atoms with Crippen molar-refractivity contribution >= 4 is 40.8 Å². The predicted octanol–water partition coefficient (Wildman–Crippen LogP) is 3.74. The lowest BCUT2D eigenvalue weighted by molar-refractivity contribution is -0.145. The lowest BCUT2D eigenvalue weighted by Gasteiger charge is -2.16. The van der Waals surface area contributed by atoms with Gasteiger partial charge in [-0.2, -0.15) is 0 Å². The molecular weight excluding hydrogens is 301 g/mol. The predicted molar refractivity (Wildman–Crippen MR) is 78.3 cm³/mol. The van der Waals surface area contributed by atoms with E-state index in [4.69, 9.17) is 28.3 Å². The number of carbonyl (C=O) groups excluding carboxylic acids is 1. The maximum Gasteiger partial charge on any atom is 0.307 e. The van der Waals surface area contributed by atoms with E-state index in [2.05, 4.69) is 5.32 Å². The largest absolute Gasteiger partial charge is 0.481 e. The first kappa shape index (κ1) is 15.1. The molecule has 20 heavy (non-hydrogen) atoms. The van der Waals surface area contributed by atoms with Crippen LogP contribution >= 0.6 is 23.2 Å². The molecule has 1 amide bonds. The van der Waals surface area contributed by atoms with Crippen molar-refractivity contribution in [1.29, 1.82) is 0 Å². The summed E-state index contributed by atoms with van der Waals surface area (Å²) >= 11 is 12.1. The molecule has 1 aliphatic carbocycles. The average molecular weight is 316 g/mol. The van der Waals surface area contributed by atoms with Crippen LogP contribution in [0.1, 0.15) is 24.8 Å². The Kier molecular flexibility index (Phi) is 4.55. The Labute approximate surface area is 127 Å². The molecule has 1 aliphatic rings. The molecule has 0 bridgehead atoms. The van der Waals surface area contributed by atoms with Crippen molar-refractivity contribution in [3.63, 3.8) is 0 Å². The number of hydrogen-bond acceptors (Lipinski definition) is 2. The molecule has 1 saturated carbocycles. The quantitative estimate of drug-likeness (QED) is 0.892. The maximum absolute atomic E-state index is 12.2. The molecule has 0 aromatic heterocycles. The standard InChI is InChI=1S/C14H15Cl2NO3/c1-7-5-11(16)12(6-10(7)15)17-13(18)8-3-2-4-9(8)14(19)20/h5-6,8-9H,2-4H2,1H3,(H,17,18)(H,19,20). The number of hydrogen-bond donors (Lipinski definition) is 2. The Morgan fingerprint density at radius 3 is 2.50 bits per heavy atom. The summed E-state index contributed by atoms with van der Waals surface area (Å²) in [5, 5.41) is 12.7. The number of aryl methyl sites for hydroxylation is 1. The normalized spacial score (nSPS) is 21.8. The molecule has 1 aromatic carbocycles. The fourth-order valence-electron chi connectivity index (χ4n) is 2.54. The lowest BCUT2D eigenvalue weighted by atomic mass is 9.95. The highest BCUT2D eigenvalue weighted by Gasteiger charge is 2.37. The molecular formula is C14H15Cl2NO3. The fourth-order valence-corrected chi connectivity index (χ4v) is 2.97. The van der Waals surface area contributed by atoms with E-state index in [0.717, 1.165) is 12.0 Å². The van der Waals surface area contributed by atoms with Crippen LogP contribution in [0.3, 0.4) is 0 Å². The minimum atomic E-state index is -0.921. The summed E-state index contributed by atoms with van der Waals surface area (Å²) in [4.78, 5) is 23.3. The van der Waals surface area contributed by atoms with Gasteiger partial charge in [-0.05, 0) is 37.5 Å². The van der Waals surface area contributed by atoms with Crippen molar-refractivity contribution < 1.29 is 14.7 Å². The number of amides is 1. The SMILES string of the molecule is Cc1cc(Cl)c(NC(=O)C2CCCC2C(=O)O)cc1Cl. The molecule has 4 nitrogen and oxygen atoms in total. The zero-order valence-electron chi connectivity index (χ0n) is 11.0. The summed E-state index contributed by atoms with van der Waals surface area (Å²) < 4.78 is 0. The maximum atomic E-state index is 12.2. The highest BCUT2D eigenvalue weighted by molar-refractivity contribution is 6.36. The molecule has 2 rings (SSSR count). The van der Waals surface area contributed by atoms with Gasteiger partial charge in [-0.3, -0.25) is 9.59 Å². The lowest BCUT2D eigenvalue weighted by Crippen LogP contribution is -2.30. The number of nitrogens with one attached hydrogen (secondary N) is 1. The molecule has 2 N–H and O–H groups in total. The van der Waals surface area contributed by atoms with Gasteiger partial charge in [0, 0.05) is 5.02 Å². The second-order valence-electron chi connectivity index (χ2n) is 5.05. The van der Waals surface area contributed by atoms with E-state index >= 15 is 0 Å². The van der Waals surface area contributed by atoms with Crippen molar-refractivity contribution in [3.05, 3.63) is 27.7 Å². The van der Waals surface area contributed by atoms with Gasteiger partial charge in [-0.1, -0.05) is 29.6 Å². The van der Waals surface area contributed by atoms with Gasteiger partial charge in [0.1, 0.15) is 0 Å². The minimum Gasteiger partial charge on any atom is -0.481 e. The van der Waals surface area contributed by atoms with Crippen LogP contribution in [0.4, 0.5) is 5.69 Å².